The lowest BCUT2D eigenvalue weighted by Crippen LogP contribution is -2.24. The molecule has 0 aromatic heterocycles. The van der Waals surface area contributed by atoms with Crippen molar-refractivity contribution in [2.75, 3.05) is 11.9 Å². The molecule has 20 heavy (non-hydrogen) atoms. The zero-order valence-corrected chi connectivity index (χ0v) is 11.3. The Morgan fingerprint density at radius 1 is 1.15 bits per heavy atom. The molecule has 0 aliphatic carbocycles. The quantitative estimate of drug-likeness (QED) is 0.923. The van der Waals surface area contributed by atoms with Crippen LogP contribution in [0.3, 0.4) is 0 Å². The molecule has 2 nitrogen and oxygen atoms in total. The number of hydrogen-bond acceptors (Lipinski definition) is 2. The van der Waals surface area contributed by atoms with Gasteiger partial charge in [-0.2, -0.15) is 0 Å². The maximum Gasteiger partial charge on any atom is 0.124 e. The van der Waals surface area contributed by atoms with E-state index in [9.17, 15) is 8.78 Å². The molecule has 0 radical (unpaired) electrons. The van der Waals surface area contributed by atoms with Crippen LogP contribution in [0.4, 0.5) is 14.5 Å². The zero-order chi connectivity index (χ0) is 14.1. The van der Waals surface area contributed by atoms with E-state index in [4.69, 9.17) is 16.3 Å². The molecule has 3 rings (SSSR count). The normalized spacial score (nSPS) is 16.6. The largest absolute Gasteiger partial charge is 0.488 e. The summed E-state index contributed by atoms with van der Waals surface area (Å²) < 4.78 is 31.7. The van der Waals surface area contributed by atoms with Crippen molar-refractivity contribution in [3.63, 3.8) is 0 Å². The van der Waals surface area contributed by atoms with Crippen molar-refractivity contribution in [2.24, 2.45) is 0 Å². The molecule has 0 bridgehead atoms. The summed E-state index contributed by atoms with van der Waals surface area (Å²) in [5.74, 6) is 0.0755. The van der Waals surface area contributed by atoms with E-state index in [1.54, 1.807) is 12.1 Å². The van der Waals surface area contributed by atoms with E-state index in [1.165, 1.54) is 24.3 Å². The Hall–Kier alpha value is -1.81. The van der Waals surface area contributed by atoms with Gasteiger partial charge in [0, 0.05) is 12.0 Å². The van der Waals surface area contributed by atoms with Crippen molar-refractivity contribution in [2.45, 2.75) is 12.5 Å². The van der Waals surface area contributed by atoms with Crippen molar-refractivity contribution in [3.8, 4) is 5.75 Å². The number of ether oxygens (including phenoxy) is 1. The maximum atomic E-state index is 13.1. The van der Waals surface area contributed by atoms with Gasteiger partial charge in [-0.15, -0.1) is 0 Å². The van der Waals surface area contributed by atoms with Gasteiger partial charge in [0.25, 0.3) is 0 Å². The van der Waals surface area contributed by atoms with Crippen molar-refractivity contribution in [1.82, 2.24) is 0 Å². The molecule has 0 saturated heterocycles. The Labute approximate surface area is 120 Å². The van der Waals surface area contributed by atoms with Gasteiger partial charge in [-0.25, -0.2) is 8.78 Å². The summed E-state index contributed by atoms with van der Waals surface area (Å²) in [6.07, 6.45) is 0.548. The Morgan fingerprint density at radius 2 is 1.90 bits per heavy atom. The van der Waals surface area contributed by atoms with Crippen LogP contribution < -0.4 is 10.1 Å². The highest BCUT2D eigenvalue weighted by Gasteiger charge is 2.23. The van der Waals surface area contributed by atoms with Crippen LogP contribution in [0.2, 0.25) is 5.02 Å². The molecule has 2 aromatic rings. The van der Waals surface area contributed by atoms with Gasteiger partial charge in [0.1, 0.15) is 23.5 Å². The Bertz CT molecular complexity index is 648. The van der Waals surface area contributed by atoms with Crippen LogP contribution in [0.25, 0.3) is 0 Å². The first-order valence-electron chi connectivity index (χ1n) is 6.26. The van der Waals surface area contributed by atoms with Crippen LogP contribution in [0.5, 0.6) is 5.75 Å². The van der Waals surface area contributed by atoms with Gasteiger partial charge in [0.15, 0.2) is 0 Å². The van der Waals surface area contributed by atoms with E-state index in [2.05, 4.69) is 5.32 Å². The molecule has 1 aliphatic heterocycles. The first-order chi connectivity index (χ1) is 9.61. The third-order valence-electron chi connectivity index (χ3n) is 3.22. The molecule has 0 amide bonds. The molecular weight excluding hydrogens is 284 g/mol. The first kappa shape index (κ1) is 13.2. The van der Waals surface area contributed by atoms with Gasteiger partial charge in [0.05, 0.1) is 17.3 Å². The zero-order valence-electron chi connectivity index (χ0n) is 10.5. The molecule has 2 aromatic carbocycles. The minimum absolute atomic E-state index is 0.0899. The van der Waals surface area contributed by atoms with Crippen molar-refractivity contribution < 1.29 is 13.5 Å². The standard InChI is InChI=1S/C15H12ClF2NO/c16-13-7-11(18)1-3-14(13)19-8-12-6-9-5-10(17)2-4-15(9)20-12/h1-5,7,12,19H,6,8H2. The predicted molar refractivity (Wildman–Crippen MR) is 74.4 cm³/mol. The summed E-state index contributed by atoms with van der Waals surface area (Å²) in [7, 11) is 0. The molecule has 1 aliphatic rings. The number of fused-ring (bicyclic) bond motifs is 1. The lowest BCUT2D eigenvalue weighted by atomic mass is 10.1. The lowest BCUT2D eigenvalue weighted by Gasteiger charge is -2.13. The number of nitrogens with one attached hydrogen (secondary N) is 1. The van der Waals surface area contributed by atoms with Gasteiger partial charge in [0.2, 0.25) is 0 Å². The molecular formula is C15H12ClF2NO. The third-order valence-corrected chi connectivity index (χ3v) is 3.53. The van der Waals surface area contributed by atoms with Crippen molar-refractivity contribution >= 4 is 17.3 Å². The highest BCUT2D eigenvalue weighted by Crippen LogP contribution is 2.30. The van der Waals surface area contributed by atoms with Crippen molar-refractivity contribution in [3.05, 3.63) is 58.6 Å². The predicted octanol–water partition coefficient (Wildman–Crippen LogP) is 4.03. The molecule has 5 heteroatoms. The minimum atomic E-state index is -0.374. The van der Waals surface area contributed by atoms with Crippen LogP contribution in [-0.2, 0) is 6.42 Å². The van der Waals surface area contributed by atoms with E-state index in [-0.39, 0.29) is 17.7 Å². The van der Waals surface area contributed by atoms with Crippen molar-refractivity contribution in [1.29, 1.82) is 0 Å². The van der Waals surface area contributed by atoms with E-state index in [1.807, 2.05) is 0 Å². The summed E-state index contributed by atoms with van der Waals surface area (Å²) in [6.45, 7) is 0.516. The fourth-order valence-corrected chi connectivity index (χ4v) is 2.49. The van der Waals surface area contributed by atoms with E-state index in [0.717, 1.165) is 5.56 Å². The molecule has 1 atom stereocenters. The summed E-state index contributed by atoms with van der Waals surface area (Å²) >= 11 is 5.93. The van der Waals surface area contributed by atoms with Gasteiger partial charge in [-0.1, -0.05) is 11.6 Å². The number of rotatable bonds is 3. The van der Waals surface area contributed by atoms with E-state index >= 15 is 0 Å². The van der Waals surface area contributed by atoms with Gasteiger partial charge in [-0.3, -0.25) is 0 Å². The fraction of sp³-hybridized carbons (Fsp3) is 0.200. The first-order valence-corrected chi connectivity index (χ1v) is 6.63. The average molecular weight is 296 g/mol. The van der Waals surface area contributed by atoms with Crippen LogP contribution >= 0.6 is 11.6 Å². The Morgan fingerprint density at radius 3 is 2.70 bits per heavy atom. The Balaban J connectivity index is 1.63. The van der Waals surface area contributed by atoms with Gasteiger partial charge < -0.3 is 10.1 Å². The van der Waals surface area contributed by atoms with E-state index < -0.39 is 0 Å². The molecule has 0 saturated carbocycles. The number of benzene rings is 2. The second-order valence-electron chi connectivity index (χ2n) is 4.70. The third kappa shape index (κ3) is 2.70. The second-order valence-corrected chi connectivity index (χ2v) is 5.11. The monoisotopic (exact) mass is 295 g/mol. The SMILES string of the molecule is Fc1ccc(NCC2Cc3cc(F)ccc3O2)c(Cl)c1. The van der Waals surface area contributed by atoms with Crippen LogP contribution in [0.1, 0.15) is 5.56 Å². The smallest absolute Gasteiger partial charge is 0.124 e. The minimum Gasteiger partial charge on any atom is -0.488 e. The van der Waals surface area contributed by atoms with Gasteiger partial charge in [-0.05, 0) is 36.4 Å². The molecule has 0 fully saturated rings. The highest BCUT2D eigenvalue weighted by atomic mass is 35.5. The number of anilines is 1. The summed E-state index contributed by atoms with van der Waals surface area (Å²) in [6, 6.07) is 8.68. The lowest BCUT2D eigenvalue weighted by molar-refractivity contribution is 0.246. The second kappa shape index (κ2) is 5.29. The average Bonchev–Trinajstić information content (AvgIpc) is 2.79. The highest BCUT2D eigenvalue weighted by molar-refractivity contribution is 6.33. The van der Waals surface area contributed by atoms with Gasteiger partial charge >= 0.3 is 0 Å². The van der Waals surface area contributed by atoms with E-state index in [0.29, 0.717) is 29.4 Å². The van der Waals surface area contributed by atoms with Crippen LogP contribution in [0, 0.1) is 11.6 Å². The number of hydrogen-bond donors (Lipinski definition) is 1. The Kier molecular flexibility index (Phi) is 3.49. The molecule has 1 N–H and O–H groups in total. The molecule has 1 heterocycles. The maximum absolute atomic E-state index is 13.1. The summed E-state index contributed by atoms with van der Waals surface area (Å²) in [5, 5.41) is 3.44. The topological polar surface area (TPSA) is 21.3 Å². The summed E-state index contributed by atoms with van der Waals surface area (Å²) in [5.41, 5.74) is 1.51. The van der Waals surface area contributed by atoms with Crippen LogP contribution in [-0.4, -0.2) is 12.6 Å². The fourth-order valence-electron chi connectivity index (χ4n) is 2.26. The number of halogens is 3. The molecule has 1 unspecified atom stereocenters. The molecule has 0 spiro atoms. The summed E-state index contributed by atoms with van der Waals surface area (Å²) in [4.78, 5) is 0. The van der Waals surface area contributed by atoms with Crippen LogP contribution in [0.15, 0.2) is 36.4 Å². The molecule has 104 valence electrons.